The molecule has 1 aromatic heterocycles. The van der Waals surface area contributed by atoms with Gasteiger partial charge in [-0.25, -0.2) is 9.78 Å². The van der Waals surface area contributed by atoms with Crippen LogP contribution < -0.4 is 10.1 Å². The molecule has 1 amide bonds. The van der Waals surface area contributed by atoms with Gasteiger partial charge in [-0.05, 0) is 31.9 Å². The SMILES string of the molecule is COc1cc(NC(=O)CCCc2csc(C)n2)ccc1C(=O)O. The predicted octanol–water partition coefficient (Wildman–Crippen LogP) is 3.12. The van der Waals surface area contributed by atoms with Crippen molar-refractivity contribution in [1.29, 1.82) is 0 Å². The van der Waals surface area contributed by atoms with Crippen LogP contribution in [0.5, 0.6) is 5.75 Å². The van der Waals surface area contributed by atoms with Crippen LogP contribution in [0.15, 0.2) is 23.6 Å². The second kappa shape index (κ2) is 7.73. The van der Waals surface area contributed by atoms with Crippen LogP contribution in [0.4, 0.5) is 5.69 Å². The van der Waals surface area contributed by atoms with E-state index in [1.165, 1.54) is 19.2 Å². The van der Waals surface area contributed by atoms with Crippen molar-refractivity contribution >= 4 is 28.9 Å². The van der Waals surface area contributed by atoms with Gasteiger partial charge in [-0.1, -0.05) is 0 Å². The average molecular weight is 334 g/mol. The molecule has 2 aromatic rings. The van der Waals surface area contributed by atoms with Crippen LogP contribution >= 0.6 is 11.3 Å². The first kappa shape index (κ1) is 17.0. The van der Waals surface area contributed by atoms with Gasteiger partial charge in [0, 0.05) is 23.6 Å². The quantitative estimate of drug-likeness (QED) is 0.812. The molecule has 0 spiro atoms. The fourth-order valence-corrected chi connectivity index (χ4v) is 2.77. The summed E-state index contributed by atoms with van der Waals surface area (Å²) >= 11 is 1.60. The van der Waals surface area contributed by atoms with Gasteiger partial charge in [0.2, 0.25) is 5.91 Å². The summed E-state index contributed by atoms with van der Waals surface area (Å²) in [5.41, 5.74) is 1.58. The Morgan fingerprint density at radius 1 is 1.39 bits per heavy atom. The number of hydrogen-bond donors (Lipinski definition) is 2. The second-order valence-electron chi connectivity index (χ2n) is 4.98. The third-order valence-electron chi connectivity index (χ3n) is 3.22. The summed E-state index contributed by atoms with van der Waals surface area (Å²) in [4.78, 5) is 27.3. The molecular formula is C16H18N2O4S. The van der Waals surface area contributed by atoms with Crippen LogP contribution in [0.2, 0.25) is 0 Å². The Labute approximate surface area is 138 Å². The Morgan fingerprint density at radius 3 is 2.78 bits per heavy atom. The first-order valence-corrected chi connectivity index (χ1v) is 7.99. The molecule has 1 aromatic carbocycles. The van der Waals surface area contributed by atoms with E-state index in [9.17, 15) is 9.59 Å². The van der Waals surface area contributed by atoms with Gasteiger partial charge in [-0.3, -0.25) is 4.79 Å². The largest absolute Gasteiger partial charge is 0.496 e. The van der Waals surface area contributed by atoms with Crippen LogP contribution in [0.25, 0.3) is 0 Å². The molecule has 23 heavy (non-hydrogen) atoms. The molecule has 0 fully saturated rings. The van der Waals surface area contributed by atoms with Gasteiger partial charge in [0.25, 0.3) is 0 Å². The molecule has 7 heteroatoms. The highest BCUT2D eigenvalue weighted by molar-refractivity contribution is 7.09. The van der Waals surface area contributed by atoms with E-state index in [0.29, 0.717) is 18.5 Å². The summed E-state index contributed by atoms with van der Waals surface area (Å²) in [5.74, 6) is -0.978. The summed E-state index contributed by atoms with van der Waals surface area (Å²) < 4.78 is 5.03. The predicted molar refractivity (Wildman–Crippen MR) is 88.4 cm³/mol. The molecule has 6 nitrogen and oxygen atoms in total. The number of anilines is 1. The van der Waals surface area contributed by atoms with Gasteiger partial charge in [0.1, 0.15) is 11.3 Å². The number of aromatic nitrogens is 1. The highest BCUT2D eigenvalue weighted by Gasteiger charge is 2.12. The standard InChI is InChI=1S/C16H18N2O4S/c1-10-17-12(9-23-10)4-3-5-15(19)18-11-6-7-13(16(20)21)14(8-11)22-2/h6-9H,3-5H2,1-2H3,(H,18,19)(H,20,21). The molecule has 0 radical (unpaired) electrons. The molecule has 0 aliphatic carbocycles. The minimum Gasteiger partial charge on any atom is -0.496 e. The molecule has 122 valence electrons. The third-order valence-corrected chi connectivity index (χ3v) is 4.04. The lowest BCUT2D eigenvalue weighted by Crippen LogP contribution is -2.12. The van der Waals surface area contributed by atoms with Crippen LogP contribution in [0.1, 0.15) is 33.9 Å². The van der Waals surface area contributed by atoms with E-state index in [1.54, 1.807) is 17.4 Å². The average Bonchev–Trinajstić information content (AvgIpc) is 2.92. The smallest absolute Gasteiger partial charge is 0.339 e. The highest BCUT2D eigenvalue weighted by Crippen LogP contribution is 2.23. The number of hydrogen-bond acceptors (Lipinski definition) is 5. The number of methoxy groups -OCH3 is 1. The van der Waals surface area contributed by atoms with E-state index < -0.39 is 5.97 Å². The Kier molecular flexibility index (Phi) is 5.70. The molecule has 0 bridgehead atoms. The summed E-state index contributed by atoms with van der Waals surface area (Å²) in [7, 11) is 1.39. The summed E-state index contributed by atoms with van der Waals surface area (Å²) in [5, 5.41) is 14.8. The number of carboxylic acids is 1. The zero-order valence-corrected chi connectivity index (χ0v) is 13.8. The summed E-state index contributed by atoms with van der Waals surface area (Å²) in [6.45, 7) is 1.95. The number of nitrogens with one attached hydrogen (secondary N) is 1. The van der Waals surface area contributed by atoms with Gasteiger partial charge in [0.05, 0.1) is 17.8 Å². The van der Waals surface area contributed by atoms with Gasteiger partial charge in [-0.15, -0.1) is 11.3 Å². The number of aromatic carboxylic acids is 1. The van der Waals surface area contributed by atoms with Gasteiger partial charge in [0.15, 0.2) is 0 Å². The lowest BCUT2D eigenvalue weighted by Gasteiger charge is -2.09. The minimum absolute atomic E-state index is 0.0596. The Bertz CT molecular complexity index is 712. The minimum atomic E-state index is -1.07. The molecule has 0 atom stereocenters. The lowest BCUT2D eigenvalue weighted by molar-refractivity contribution is -0.116. The number of amides is 1. The van der Waals surface area contributed by atoms with Crippen molar-refractivity contribution in [3.05, 3.63) is 39.8 Å². The number of ether oxygens (including phenoxy) is 1. The van der Waals surface area contributed by atoms with E-state index in [4.69, 9.17) is 9.84 Å². The molecule has 0 saturated heterocycles. The van der Waals surface area contributed by atoms with Crippen molar-refractivity contribution in [3.63, 3.8) is 0 Å². The van der Waals surface area contributed by atoms with E-state index in [0.717, 1.165) is 17.1 Å². The zero-order valence-electron chi connectivity index (χ0n) is 13.0. The lowest BCUT2D eigenvalue weighted by atomic mass is 10.1. The molecule has 2 rings (SSSR count). The van der Waals surface area contributed by atoms with Crippen LogP contribution in [0, 0.1) is 6.92 Å². The van der Waals surface area contributed by atoms with E-state index in [2.05, 4.69) is 10.3 Å². The molecular weight excluding hydrogens is 316 g/mol. The maximum absolute atomic E-state index is 11.9. The molecule has 0 saturated carbocycles. The Morgan fingerprint density at radius 2 is 2.17 bits per heavy atom. The topological polar surface area (TPSA) is 88.5 Å². The maximum atomic E-state index is 11.9. The van der Waals surface area contributed by atoms with Crippen molar-refractivity contribution in [2.24, 2.45) is 0 Å². The van der Waals surface area contributed by atoms with Crippen LogP contribution in [0.3, 0.4) is 0 Å². The summed E-state index contributed by atoms with van der Waals surface area (Å²) in [6.07, 6.45) is 1.85. The van der Waals surface area contributed by atoms with E-state index in [-0.39, 0.29) is 17.2 Å². The number of rotatable bonds is 7. The van der Waals surface area contributed by atoms with Crippen molar-refractivity contribution in [2.75, 3.05) is 12.4 Å². The van der Waals surface area contributed by atoms with Crippen molar-refractivity contribution in [3.8, 4) is 5.75 Å². The molecule has 1 heterocycles. The van der Waals surface area contributed by atoms with Crippen LogP contribution in [-0.4, -0.2) is 29.1 Å². The normalized spacial score (nSPS) is 10.3. The van der Waals surface area contributed by atoms with Gasteiger partial charge in [-0.2, -0.15) is 0 Å². The van der Waals surface area contributed by atoms with Crippen molar-refractivity contribution in [2.45, 2.75) is 26.2 Å². The number of carboxylic acid groups (broad SMARTS) is 1. The molecule has 0 unspecified atom stereocenters. The van der Waals surface area contributed by atoms with Crippen molar-refractivity contribution in [1.82, 2.24) is 4.98 Å². The second-order valence-corrected chi connectivity index (χ2v) is 6.04. The van der Waals surface area contributed by atoms with E-state index >= 15 is 0 Å². The number of benzene rings is 1. The van der Waals surface area contributed by atoms with E-state index in [1.807, 2.05) is 12.3 Å². The van der Waals surface area contributed by atoms with Gasteiger partial charge >= 0.3 is 5.97 Å². The number of aryl methyl sites for hydroxylation is 2. The van der Waals surface area contributed by atoms with Gasteiger partial charge < -0.3 is 15.2 Å². The first-order valence-electron chi connectivity index (χ1n) is 7.12. The fourth-order valence-electron chi connectivity index (χ4n) is 2.12. The Balaban J connectivity index is 1.88. The van der Waals surface area contributed by atoms with Crippen LogP contribution in [-0.2, 0) is 11.2 Å². The first-order chi connectivity index (χ1) is 11.0. The zero-order chi connectivity index (χ0) is 16.8. The Hall–Kier alpha value is -2.41. The monoisotopic (exact) mass is 334 g/mol. The highest BCUT2D eigenvalue weighted by atomic mass is 32.1. The molecule has 0 aliphatic heterocycles. The maximum Gasteiger partial charge on any atom is 0.339 e. The number of carbonyl (C=O) groups is 2. The van der Waals surface area contributed by atoms with Crippen molar-refractivity contribution < 1.29 is 19.4 Å². The summed E-state index contributed by atoms with van der Waals surface area (Å²) in [6, 6.07) is 4.47. The fraction of sp³-hybridized carbons (Fsp3) is 0.312. The number of nitrogens with zero attached hydrogens (tertiary/aromatic N) is 1. The number of thiazole rings is 1. The number of carbonyl (C=O) groups excluding carboxylic acids is 1. The third kappa shape index (κ3) is 4.79. The molecule has 2 N–H and O–H groups in total. The molecule has 0 aliphatic rings.